The van der Waals surface area contributed by atoms with E-state index >= 15 is 0 Å². The van der Waals surface area contributed by atoms with Gasteiger partial charge in [-0.3, -0.25) is 0 Å². The van der Waals surface area contributed by atoms with Crippen LogP contribution in [0.25, 0.3) is 0 Å². The normalized spacial score (nSPS) is 20.2. The lowest BCUT2D eigenvalue weighted by molar-refractivity contribution is 0.0211. The molecule has 2 aliphatic carbocycles. The number of nitrogens with two attached hydrogens (primary N) is 1. The van der Waals surface area contributed by atoms with Crippen LogP contribution in [-0.2, 0) is 17.6 Å². The summed E-state index contributed by atoms with van der Waals surface area (Å²) in [4.78, 5) is 13.8. The number of rotatable bonds is 2. The van der Waals surface area contributed by atoms with E-state index in [1.165, 1.54) is 42.5 Å². The van der Waals surface area contributed by atoms with Crippen molar-refractivity contribution in [2.24, 2.45) is 0 Å². The molecule has 0 radical (unpaired) electrons. The maximum atomic E-state index is 12.5. The largest absolute Gasteiger partial charge is 0.459 e. The Morgan fingerprint density at radius 1 is 1.05 bits per heavy atom. The predicted molar refractivity (Wildman–Crippen MR) is 82.3 cm³/mol. The van der Waals surface area contributed by atoms with Crippen LogP contribution in [0.4, 0.5) is 5.00 Å². The van der Waals surface area contributed by atoms with Crippen LogP contribution in [0.1, 0.15) is 72.2 Å². The summed E-state index contributed by atoms with van der Waals surface area (Å²) >= 11 is 1.60. The van der Waals surface area contributed by atoms with Gasteiger partial charge in [-0.2, -0.15) is 0 Å². The molecule has 0 aromatic carbocycles. The fourth-order valence-corrected chi connectivity index (χ4v) is 4.53. The molecule has 0 aliphatic heterocycles. The Kier molecular flexibility index (Phi) is 4.29. The smallest absolute Gasteiger partial charge is 0.341 e. The van der Waals surface area contributed by atoms with Crippen molar-refractivity contribution in [3.05, 3.63) is 16.0 Å². The minimum atomic E-state index is -0.172. The monoisotopic (exact) mass is 293 g/mol. The van der Waals surface area contributed by atoms with Gasteiger partial charge in [0.25, 0.3) is 0 Å². The molecule has 0 unspecified atom stereocenters. The van der Waals surface area contributed by atoms with Crippen LogP contribution in [-0.4, -0.2) is 12.1 Å². The summed E-state index contributed by atoms with van der Waals surface area (Å²) in [5.74, 6) is -0.172. The maximum Gasteiger partial charge on any atom is 0.341 e. The number of carbonyl (C=O) groups is 1. The number of anilines is 1. The van der Waals surface area contributed by atoms with Crippen molar-refractivity contribution < 1.29 is 9.53 Å². The van der Waals surface area contributed by atoms with Crippen LogP contribution in [0.5, 0.6) is 0 Å². The van der Waals surface area contributed by atoms with E-state index in [4.69, 9.17) is 10.5 Å². The standard InChI is InChI=1S/C16H23NO2S/c17-15-14(12-9-5-2-6-10-13(12)20-15)16(18)19-11-7-3-1-4-8-11/h11H,1-10,17H2. The number of carbonyl (C=O) groups excluding carboxylic acids is 1. The average molecular weight is 293 g/mol. The van der Waals surface area contributed by atoms with Gasteiger partial charge < -0.3 is 10.5 Å². The second-order valence-electron chi connectivity index (χ2n) is 5.97. The molecule has 0 amide bonds. The maximum absolute atomic E-state index is 12.5. The fourth-order valence-electron chi connectivity index (χ4n) is 3.38. The van der Waals surface area contributed by atoms with E-state index in [1.54, 1.807) is 11.3 Å². The van der Waals surface area contributed by atoms with Crippen molar-refractivity contribution in [1.29, 1.82) is 0 Å². The Morgan fingerprint density at radius 3 is 2.55 bits per heavy atom. The molecule has 3 nitrogen and oxygen atoms in total. The first-order valence-electron chi connectivity index (χ1n) is 7.86. The zero-order valence-electron chi connectivity index (χ0n) is 12.0. The van der Waals surface area contributed by atoms with Crippen molar-refractivity contribution in [3.63, 3.8) is 0 Å². The van der Waals surface area contributed by atoms with Crippen molar-refractivity contribution in [3.8, 4) is 0 Å². The highest BCUT2D eigenvalue weighted by Crippen LogP contribution is 2.36. The van der Waals surface area contributed by atoms with Gasteiger partial charge in [0.2, 0.25) is 0 Å². The Hall–Kier alpha value is -1.03. The zero-order valence-corrected chi connectivity index (χ0v) is 12.8. The number of hydrogen-bond donors (Lipinski definition) is 1. The molecule has 0 saturated heterocycles. The van der Waals surface area contributed by atoms with Gasteiger partial charge in [-0.25, -0.2) is 4.79 Å². The summed E-state index contributed by atoms with van der Waals surface area (Å²) in [5.41, 5.74) is 7.97. The van der Waals surface area contributed by atoms with Crippen molar-refractivity contribution in [2.45, 2.75) is 70.3 Å². The summed E-state index contributed by atoms with van der Waals surface area (Å²) in [6, 6.07) is 0. The van der Waals surface area contributed by atoms with E-state index in [0.29, 0.717) is 10.6 Å². The Bertz CT molecular complexity index is 489. The average Bonchev–Trinajstić information content (AvgIpc) is 2.60. The van der Waals surface area contributed by atoms with Crippen LogP contribution < -0.4 is 5.73 Å². The quantitative estimate of drug-likeness (QED) is 0.660. The van der Waals surface area contributed by atoms with E-state index in [0.717, 1.165) is 32.1 Å². The van der Waals surface area contributed by atoms with Gasteiger partial charge in [0.05, 0.1) is 5.56 Å². The number of hydrogen-bond acceptors (Lipinski definition) is 4. The SMILES string of the molecule is Nc1sc2c(c1C(=O)OC1CCCCC1)CCCCC2. The Morgan fingerprint density at radius 2 is 1.75 bits per heavy atom. The number of aryl methyl sites for hydroxylation is 1. The zero-order chi connectivity index (χ0) is 13.9. The summed E-state index contributed by atoms with van der Waals surface area (Å²) in [7, 11) is 0. The lowest BCUT2D eigenvalue weighted by Crippen LogP contribution is -2.21. The summed E-state index contributed by atoms with van der Waals surface area (Å²) in [6.07, 6.45) is 11.4. The van der Waals surface area contributed by atoms with Crippen molar-refractivity contribution in [1.82, 2.24) is 0 Å². The van der Waals surface area contributed by atoms with Gasteiger partial charge in [-0.1, -0.05) is 12.8 Å². The highest BCUT2D eigenvalue weighted by Gasteiger charge is 2.26. The molecule has 1 heterocycles. The van der Waals surface area contributed by atoms with Gasteiger partial charge >= 0.3 is 5.97 Å². The molecular weight excluding hydrogens is 270 g/mol. The molecule has 1 aromatic rings. The molecule has 1 fully saturated rings. The number of fused-ring (bicyclic) bond motifs is 1. The molecule has 0 spiro atoms. The van der Waals surface area contributed by atoms with Crippen molar-refractivity contribution in [2.75, 3.05) is 5.73 Å². The predicted octanol–water partition coefficient (Wildman–Crippen LogP) is 4.09. The van der Waals surface area contributed by atoms with E-state index in [-0.39, 0.29) is 12.1 Å². The van der Waals surface area contributed by atoms with E-state index < -0.39 is 0 Å². The van der Waals surface area contributed by atoms with Gasteiger partial charge in [-0.15, -0.1) is 11.3 Å². The number of esters is 1. The summed E-state index contributed by atoms with van der Waals surface area (Å²) < 4.78 is 5.71. The first-order chi connectivity index (χ1) is 9.75. The molecule has 20 heavy (non-hydrogen) atoms. The third-order valence-corrected chi connectivity index (χ3v) is 5.60. The summed E-state index contributed by atoms with van der Waals surface area (Å²) in [6.45, 7) is 0. The first kappa shape index (κ1) is 13.9. The topological polar surface area (TPSA) is 52.3 Å². The van der Waals surface area contributed by atoms with Crippen LogP contribution in [0, 0.1) is 0 Å². The van der Waals surface area contributed by atoms with Gasteiger partial charge in [0.15, 0.2) is 0 Å². The highest BCUT2D eigenvalue weighted by molar-refractivity contribution is 7.16. The molecule has 110 valence electrons. The molecule has 1 aromatic heterocycles. The summed E-state index contributed by atoms with van der Waals surface area (Å²) in [5, 5.41) is 0.665. The molecule has 1 saturated carbocycles. The first-order valence-corrected chi connectivity index (χ1v) is 8.68. The minimum absolute atomic E-state index is 0.108. The minimum Gasteiger partial charge on any atom is -0.459 e. The molecule has 3 rings (SSSR count). The second-order valence-corrected chi connectivity index (χ2v) is 7.11. The molecule has 4 heteroatoms. The van der Waals surface area contributed by atoms with E-state index in [1.807, 2.05) is 0 Å². The van der Waals surface area contributed by atoms with E-state index in [2.05, 4.69) is 0 Å². The molecule has 2 aliphatic rings. The third-order valence-electron chi connectivity index (χ3n) is 4.48. The lowest BCUT2D eigenvalue weighted by Gasteiger charge is -2.22. The van der Waals surface area contributed by atoms with Crippen LogP contribution in [0.2, 0.25) is 0 Å². The molecule has 0 bridgehead atoms. The molecule has 0 atom stereocenters. The molecular formula is C16H23NO2S. The third kappa shape index (κ3) is 2.85. The lowest BCUT2D eigenvalue weighted by atomic mass is 9.97. The van der Waals surface area contributed by atoms with Crippen LogP contribution >= 0.6 is 11.3 Å². The number of nitrogen functional groups attached to an aromatic ring is 1. The van der Waals surface area contributed by atoms with Gasteiger partial charge in [-0.05, 0) is 56.9 Å². The van der Waals surface area contributed by atoms with Crippen LogP contribution in [0.15, 0.2) is 0 Å². The van der Waals surface area contributed by atoms with Gasteiger partial charge in [0, 0.05) is 4.88 Å². The molecule has 2 N–H and O–H groups in total. The Labute approximate surface area is 124 Å². The number of ether oxygens (including phenoxy) is 1. The fraction of sp³-hybridized carbons (Fsp3) is 0.688. The highest BCUT2D eigenvalue weighted by atomic mass is 32.1. The number of thiophene rings is 1. The van der Waals surface area contributed by atoms with Crippen LogP contribution in [0.3, 0.4) is 0 Å². The van der Waals surface area contributed by atoms with Gasteiger partial charge in [0.1, 0.15) is 11.1 Å². The Balaban J connectivity index is 1.78. The second kappa shape index (κ2) is 6.17. The van der Waals surface area contributed by atoms with Crippen molar-refractivity contribution >= 4 is 22.3 Å². The van der Waals surface area contributed by atoms with E-state index in [9.17, 15) is 4.79 Å².